The van der Waals surface area contributed by atoms with Crippen LogP contribution in [0.15, 0.2) is 53.3 Å². The molecule has 4 aliphatic carbocycles. The number of nitrogens with one attached hydrogen (secondary N) is 1. The number of allylic oxidation sites excluding steroid dienone is 2. The first-order chi connectivity index (χ1) is 15.2. The summed E-state index contributed by atoms with van der Waals surface area (Å²) >= 11 is 0. The fourth-order valence-electron chi connectivity index (χ4n) is 6.78. The number of fused-ring (bicyclic) bond motifs is 4. The van der Waals surface area contributed by atoms with Gasteiger partial charge in [0.25, 0.3) is 5.91 Å². The minimum Gasteiger partial charge on any atom is -0.393 e. The molecule has 5 unspecified atom stereocenters. The molecule has 0 aliphatic heterocycles. The van der Waals surface area contributed by atoms with Gasteiger partial charge in [-0.3, -0.25) is 9.78 Å². The Kier molecular flexibility index (Phi) is 5.18. The van der Waals surface area contributed by atoms with E-state index in [1.807, 2.05) is 25.1 Å². The van der Waals surface area contributed by atoms with Crippen molar-refractivity contribution in [2.45, 2.75) is 71.0 Å². The van der Waals surface area contributed by atoms with Crippen molar-refractivity contribution < 1.29 is 15.0 Å². The maximum atomic E-state index is 13.4. The van der Waals surface area contributed by atoms with E-state index in [1.54, 1.807) is 6.20 Å². The Morgan fingerprint density at radius 1 is 1.28 bits per heavy atom. The minimum absolute atomic E-state index is 0.0392. The SMILES string of the molecule is Cc1ncccc1NC(=O)C1=CCC2C1(C)C(C)C=C1C=C3CC(O)CCC3CC[C@@]12O. The predicted molar refractivity (Wildman–Crippen MR) is 125 cm³/mol. The van der Waals surface area contributed by atoms with Gasteiger partial charge < -0.3 is 15.5 Å². The molecule has 5 nitrogen and oxygen atoms in total. The van der Waals surface area contributed by atoms with Crippen molar-refractivity contribution in [1.29, 1.82) is 0 Å². The van der Waals surface area contributed by atoms with E-state index < -0.39 is 11.0 Å². The fraction of sp³-hybridized carbons (Fsp3) is 0.556. The monoisotopic (exact) mass is 434 g/mol. The third-order valence-corrected chi connectivity index (χ3v) is 8.87. The number of aliphatic hydroxyl groups is 2. The maximum absolute atomic E-state index is 13.4. The number of pyridine rings is 1. The standard InChI is InChI=1S/C27H34N2O3/c1-16-13-20-14-19-15-21(30)7-6-18(19)10-11-27(20,32)24-9-8-22(26(16,24)3)25(31)29-23-5-4-12-28-17(23)2/h4-5,8,12-14,16,18,21,24,30,32H,6-7,9-11,15H2,1-3H3,(H,29,31)/t16?,18?,21?,24?,26?,27-/m1/s1. The summed E-state index contributed by atoms with van der Waals surface area (Å²) in [5.74, 6) is 0.421. The Morgan fingerprint density at radius 2 is 2.09 bits per heavy atom. The third-order valence-electron chi connectivity index (χ3n) is 8.87. The summed E-state index contributed by atoms with van der Waals surface area (Å²) < 4.78 is 0. The molecule has 0 spiro atoms. The molecule has 1 fully saturated rings. The molecule has 1 amide bonds. The molecule has 170 valence electrons. The number of amides is 1. The van der Waals surface area contributed by atoms with Gasteiger partial charge in [-0.25, -0.2) is 0 Å². The molecule has 1 heterocycles. The van der Waals surface area contributed by atoms with Crippen molar-refractivity contribution in [3.63, 3.8) is 0 Å². The summed E-state index contributed by atoms with van der Waals surface area (Å²) in [5, 5.41) is 25.4. The Labute approximate surface area is 190 Å². The molecular weight excluding hydrogens is 400 g/mol. The first-order valence-corrected chi connectivity index (χ1v) is 12.0. The number of carbonyl (C=O) groups is 1. The third kappa shape index (κ3) is 3.20. The van der Waals surface area contributed by atoms with Crippen molar-refractivity contribution in [3.05, 3.63) is 59.0 Å². The average molecular weight is 435 g/mol. The van der Waals surface area contributed by atoms with E-state index in [0.29, 0.717) is 25.2 Å². The second kappa shape index (κ2) is 7.67. The lowest BCUT2D eigenvalue weighted by Gasteiger charge is -2.51. The molecular formula is C27H34N2O3. The van der Waals surface area contributed by atoms with Gasteiger partial charge in [-0.15, -0.1) is 0 Å². The van der Waals surface area contributed by atoms with E-state index in [2.05, 4.69) is 36.3 Å². The lowest BCUT2D eigenvalue weighted by molar-refractivity contribution is -0.115. The first kappa shape index (κ1) is 21.6. The zero-order valence-electron chi connectivity index (χ0n) is 19.3. The molecule has 0 bridgehead atoms. The van der Waals surface area contributed by atoms with Gasteiger partial charge in [0.2, 0.25) is 0 Å². The Balaban J connectivity index is 1.48. The van der Waals surface area contributed by atoms with Crippen molar-refractivity contribution in [3.8, 4) is 0 Å². The van der Waals surface area contributed by atoms with Gasteiger partial charge in [0, 0.05) is 23.1 Å². The van der Waals surface area contributed by atoms with Crippen molar-refractivity contribution in [2.75, 3.05) is 5.32 Å². The lowest BCUT2D eigenvalue weighted by Crippen LogP contribution is -2.52. The molecule has 5 heteroatoms. The summed E-state index contributed by atoms with van der Waals surface area (Å²) in [6, 6.07) is 3.70. The van der Waals surface area contributed by atoms with Crippen LogP contribution in [0, 0.1) is 30.1 Å². The van der Waals surface area contributed by atoms with Crippen LogP contribution in [-0.2, 0) is 4.79 Å². The van der Waals surface area contributed by atoms with E-state index in [9.17, 15) is 15.0 Å². The van der Waals surface area contributed by atoms with E-state index in [1.165, 1.54) is 5.57 Å². The van der Waals surface area contributed by atoms with Crippen LogP contribution in [0.25, 0.3) is 0 Å². The van der Waals surface area contributed by atoms with Crippen molar-refractivity contribution in [1.82, 2.24) is 4.98 Å². The number of aryl methyl sites for hydroxylation is 1. The smallest absolute Gasteiger partial charge is 0.251 e. The zero-order chi connectivity index (χ0) is 22.7. The summed E-state index contributed by atoms with van der Waals surface area (Å²) in [7, 11) is 0. The summed E-state index contributed by atoms with van der Waals surface area (Å²) in [6.07, 6.45) is 12.8. The molecule has 6 atom stereocenters. The second-order valence-electron chi connectivity index (χ2n) is 10.5. The fourth-order valence-corrected chi connectivity index (χ4v) is 6.78. The van der Waals surface area contributed by atoms with Gasteiger partial charge in [-0.1, -0.05) is 37.6 Å². The highest BCUT2D eigenvalue weighted by Gasteiger charge is 2.59. The van der Waals surface area contributed by atoms with Crippen LogP contribution in [0.3, 0.4) is 0 Å². The topological polar surface area (TPSA) is 82.5 Å². The number of hydrogen-bond donors (Lipinski definition) is 3. The van der Waals surface area contributed by atoms with Crippen LogP contribution in [0.1, 0.15) is 58.1 Å². The van der Waals surface area contributed by atoms with Gasteiger partial charge in [-0.2, -0.15) is 0 Å². The molecule has 1 aromatic rings. The van der Waals surface area contributed by atoms with Crippen LogP contribution in [0.5, 0.6) is 0 Å². The highest BCUT2D eigenvalue weighted by Crippen LogP contribution is 2.61. The second-order valence-corrected chi connectivity index (χ2v) is 10.5. The molecule has 32 heavy (non-hydrogen) atoms. The molecule has 0 saturated heterocycles. The minimum atomic E-state index is -0.945. The number of anilines is 1. The molecule has 1 aromatic heterocycles. The van der Waals surface area contributed by atoms with Gasteiger partial charge in [0.05, 0.1) is 23.1 Å². The molecule has 1 saturated carbocycles. The van der Waals surface area contributed by atoms with Gasteiger partial charge in [0.15, 0.2) is 0 Å². The number of aromatic nitrogens is 1. The van der Waals surface area contributed by atoms with Crippen LogP contribution in [0.2, 0.25) is 0 Å². The van der Waals surface area contributed by atoms with E-state index in [-0.39, 0.29) is 23.8 Å². The lowest BCUT2D eigenvalue weighted by atomic mass is 9.55. The molecule has 3 N–H and O–H groups in total. The number of rotatable bonds is 2. The van der Waals surface area contributed by atoms with Crippen LogP contribution in [-0.4, -0.2) is 32.8 Å². The van der Waals surface area contributed by atoms with Crippen molar-refractivity contribution in [2.24, 2.45) is 23.2 Å². The normalized spacial score (nSPS) is 38.3. The predicted octanol–water partition coefficient (Wildman–Crippen LogP) is 4.47. The number of aliphatic hydroxyl groups excluding tert-OH is 1. The van der Waals surface area contributed by atoms with Gasteiger partial charge >= 0.3 is 0 Å². The highest BCUT2D eigenvalue weighted by atomic mass is 16.3. The van der Waals surface area contributed by atoms with E-state index >= 15 is 0 Å². The largest absolute Gasteiger partial charge is 0.393 e. The van der Waals surface area contributed by atoms with Crippen molar-refractivity contribution >= 4 is 11.6 Å². The quantitative estimate of drug-likeness (QED) is 0.641. The Hall–Kier alpha value is -2.24. The zero-order valence-corrected chi connectivity index (χ0v) is 19.3. The number of nitrogens with zero attached hydrogens (tertiary/aromatic N) is 1. The Morgan fingerprint density at radius 3 is 2.88 bits per heavy atom. The molecule has 5 rings (SSSR count). The molecule has 4 aliphatic rings. The molecule has 0 aromatic carbocycles. The first-order valence-electron chi connectivity index (χ1n) is 12.0. The average Bonchev–Trinajstić information content (AvgIpc) is 3.06. The van der Waals surface area contributed by atoms with Crippen LogP contribution < -0.4 is 5.32 Å². The van der Waals surface area contributed by atoms with Gasteiger partial charge in [0.1, 0.15) is 0 Å². The highest BCUT2D eigenvalue weighted by molar-refractivity contribution is 6.05. The van der Waals surface area contributed by atoms with Crippen LogP contribution >= 0.6 is 0 Å². The summed E-state index contributed by atoms with van der Waals surface area (Å²) in [5.41, 5.74) is 3.19. The Bertz CT molecular complexity index is 1040. The summed E-state index contributed by atoms with van der Waals surface area (Å²) in [6.45, 7) is 6.20. The van der Waals surface area contributed by atoms with E-state index in [4.69, 9.17) is 0 Å². The number of hydrogen-bond acceptors (Lipinski definition) is 4. The van der Waals surface area contributed by atoms with Crippen LogP contribution in [0.4, 0.5) is 5.69 Å². The van der Waals surface area contributed by atoms with Gasteiger partial charge in [-0.05, 0) is 75.0 Å². The molecule has 0 radical (unpaired) electrons. The number of carbonyl (C=O) groups excluding carboxylic acids is 1. The summed E-state index contributed by atoms with van der Waals surface area (Å²) in [4.78, 5) is 17.7. The maximum Gasteiger partial charge on any atom is 0.251 e. The van der Waals surface area contributed by atoms with E-state index in [0.717, 1.165) is 41.8 Å².